The van der Waals surface area contributed by atoms with E-state index in [-0.39, 0.29) is 0 Å². The minimum atomic E-state index is 0.388. The number of benzene rings is 1. The average Bonchev–Trinajstić information content (AvgIpc) is 3.21. The number of fused-ring (bicyclic) bond motifs is 1. The van der Waals surface area contributed by atoms with Gasteiger partial charge in [-0.25, -0.2) is 9.97 Å². The number of hydrogen-bond acceptors (Lipinski definition) is 7. The summed E-state index contributed by atoms with van der Waals surface area (Å²) < 4.78 is 7.17. The number of nitrogens with one attached hydrogen (secondary N) is 1. The van der Waals surface area contributed by atoms with Gasteiger partial charge in [-0.05, 0) is 43.2 Å². The number of aromatic nitrogens is 3. The van der Waals surface area contributed by atoms with E-state index >= 15 is 0 Å². The minimum Gasteiger partial charge on any atom is -0.456 e. The van der Waals surface area contributed by atoms with Gasteiger partial charge in [0, 0.05) is 35.6 Å². The minimum absolute atomic E-state index is 0.388. The van der Waals surface area contributed by atoms with E-state index in [1.807, 2.05) is 36.4 Å². The van der Waals surface area contributed by atoms with Crippen molar-refractivity contribution < 1.29 is 4.74 Å². The second-order valence-electron chi connectivity index (χ2n) is 7.68. The van der Waals surface area contributed by atoms with Crippen molar-refractivity contribution in [2.45, 2.75) is 38.1 Å². The predicted octanol–water partition coefficient (Wildman–Crippen LogP) is 6.16. The molecule has 1 fully saturated rings. The number of anilines is 1. The maximum atomic E-state index is 8.91. The lowest BCUT2D eigenvalue weighted by Gasteiger charge is -2.22. The van der Waals surface area contributed by atoms with E-state index in [1.165, 1.54) is 32.1 Å². The van der Waals surface area contributed by atoms with Crippen molar-refractivity contribution in [2.75, 3.05) is 5.32 Å². The Labute approximate surface area is 184 Å². The molecule has 4 aromatic rings. The van der Waals surface area contributed by atoms with Crippen molar-refractivity contribution in [3.63, 3.8) is 0 Å². The number of thiazole rings is 1. The fraction of sp³-hybridized carbons (Fsp3) is 0.250. The van der Waals surface area contributed by atoms with E-state index in [0.29, 0.717) is 17.5 Å². The van der Waals surface area contributed by atoms with Crippen LogP contribution in [0.15, 0.2) is 55.0 Å². The van der Waals surface area contributed by atoms with E-state index in [4.69, 9.17) is 15.0 Å². The highest BCUT2D eigenvalue weighted by molar-refractivity contribution is 7.22. The molecule has 7 heteroatoms. The van der Waals surface area contributed by atoms with Crippen LogP contribution >= 0.6 is 11.3 Å². The van der Waals surface area contributed by atoms with Crippen LogP contribution in [0.3, 0.4) is 0 Å². The first-order valence-corrected chi connectivity index (χ1v) is 11.2. The summed E-state index contributed by atoms with van der Waals surface area (Å²) >= 11 is 1.67. The van der Waals surface area contributed by atoms with Gasteiger partial charge in [-0.15, -0.1) is 0 Å². The fourth-order valence-electron chi connectivity index (χ4n) is 3.85. The summed E-state index contributed by atoms with van der Waals surface area (Å²) in [5, 5.41) is 13.5. The molecule has 0 amide bonds. The number of pyridine rings is 2. The molecule has 0 bridgehead atoms. The molecule has 1 saturated carbocycles. The zero-order valence-corrected chi connectivity index (χ0v) is 17.7. The Hall–Kier alpha value is -3.50. The van der Waals surface area contributed by atoms with Gasteiger partial charge in [0.25, 0.3) is 0 Å². The topological polar surface area (TPSA) is 83.7 Å². The third-order valence-electron chi connectivity index (χ3n) is 5.45. The smallest absolute Gasteiger partial charge is 0.184 e. The van der Waals surface area contributed by atoms with Gasteiger partial charge in [-0.3, -0.25) is 4.98 Å². The van der Waals surface area contributed by atoms with Crippen LogP contribution in [0.4, 0.5) is 5.13 Å². The Morgan fingerprint density at radius 2 is 1.87 bits per heavy atom. The van der Waals surface area contributed by atoms with Crippen LogP contribution in [0.1, 0.15) is 37.8 Å². The largest absolute Gasteiger partial charge is 0.456 e. The molecule has 0 aliphatic heterocycles. The summed E-state index contributed by atoms with van der Waals surface area (Å²) in [6.45, 7) is 0. The molecule has 0 saturated heterocycles. The summed E-state index contributed by atoms with van der Waals surface area (Å²) in [5.41, 5.74) is 3.13. The van der Waals surface area contributed by atoms with Crippen LogP contribution in [0.2, 0.25) is 0 Å². The Kier molecular flexibility index (Phi) is 5.46. The molecule has 1 aliphatic carbocycles. The highest BCUT2D eigenvalue weighted by Gasteiger charge is 2.15. The number of rotatable bonds is 5. The Balaban J connectivity index is 1.33. The maximum Gasteiger partial charge on any atom is 0.184 e. The lowest BCUT2D eigenvalue weighted by molar-refractivity contribution is 0.462. The summed E-state index contributed by atoms with van der Waals surface area (Å²) in [7, 11) is 0. The molecule has 3 aromatic heterocycles. The first kappa shape index (κ1) is 19.5. The number of nitrogens with zero attached hydrogens (tertiary/aromatic N) is 4. The van der Waals surface area contributed by atoms with Crippen molar-refractivity contribution in [3.05, 3.63) is 60.7 Å². The van der Waals surface area contributed by atoms with Crippen molar-refractivity contribution in [2.24, 2.45) is 0 Å². The zero-order chi connectivity index (χ0) is 21.0. The van der Waals surface area contributed by atoms with Crippen molar-refractivity contribution in [3.8, 4) is 28.7 Å². The van der Waals surface area contributed by atoms with Crippen molar-refractivity contribution in [1.29, 1.82) is 5.26 Å². The van der Waals surface area contributed by atoms with Gasteiger partial charge in [0.2, 0.25) is 0 Å². The van der Waals surface area contributed by atoms with Crippen LogP contribution in [-0.4, -0.2) is 21.0 Å². The Morgan fingerprint density at radius 3 is 2.68 bits per heavy atom. The maximum absolute atomic E-state index is 8.91. The monoisotopic (exact) mass is 427 g/mol. The number of nitriles is 1. The number of ether oxygens (including phenoxy) is 1. The molecule has 1 aromatic carbocycles. The zero-order valence-electron chi connectivity index (χ0n) is 16.9. The molecular formula is C24H21N5OS. The summed E-state index contributed by atoms with van der Waals surface area (Å²) in [6.07, 6.45) is 11.5. The molecule has 31 heavy (non-hydrogen) atoms. The highest BCUT2D eigenvalue weighted by atomic mass is 32.1. The van der Waals surface area contributed by atoms with Gasteiger partial charge in [-0.1, -0.05) is 30.6 Å². The van der Waals surface area contributed by atoms with Gasteiger partial charge in [-0.2, -0.15) is 5.26 Å². The van der Waals surface area contributed by atoms with Gasteiger partial charge >= 0.3 is 0 Å². The average molecular weight is 428 g/mol. The quantitative estimate of drug-likeness (QED) is 0.410. The van der Waals surface area contributed by atoms with Crippen molar-refractivity contribution in [1.82, 2.24) is 15.0 Å². The second kappa shape index (κ2) is 8.70. The lowest BCUT2D eigenvalue weighted by atomic mass is 9.96. The van der Waals surface area contributed by atoms with Gasteiger partial charge in [0.15, 0.2) is 5.13 Å². The molecule has 1 aliphatic rings. The molecule has 5 rings (SSSR count). The molecule has 3 heterocycles. The second-order valence-corrected chi connectivity index (χ2v) is 8.71. The molecule has 1 N–H and O–H groups in total. The number of hydrogen-bond donors (Lipinski definition) is 1. The SMILES string of the molecule is N#Cc1ccc(-c2cncc(Oc3ccc4nc(NC5CCCCC5)sc4c3)c2)cn1. The Bertz CT molecular complexity index is 1240. The Morgan fingerprint density at radius 1 is 0.968 bits per heavy atom. The van der Waals surface area contributed by atoms with E-state index in [9.17, 15) is 0 Å². The first-order valence-electron chi connectivity index (χ1n) is 10.4. The molecule has 0 atom stereocenters. The molecular weight excluding hydrogens is 406 g/mol. The molecule has 0 unspecified atom stereocenters. The van der Waals surface area contributed by atoms with Crippen LogP contribution in [0, 0.1) is 11.3 Å². The molecule has 0 radical (unpaired) electrons. The van der Waals surface area contributed by atoms with Crippen molar-refractivity contribution >= 4 is 26.7 Å². The van der Waals surface area contributed by atoms with Gasteiger partial charge < -0.3 is 10.1 Å². The normalized spacial score (nSPS) is 14.3. The molecule has 6 nitrogen and oxygen atoms in total. The predicted molar refractivity (Wildman–Crippen MR) is 122 cm³/mol. The fourth-order valence-corrected chi connectivity index (χ4v) is 4.82. The molecule has 154 valence electrons. The van der Waals surface area contributed by atoms with E-state index < -0.39 is 0 Å². The van der Waals surface area contributed by atoms with Gasteiger partial charge in [0.1, 0.15) is 23.3 Å². The third-order valence-corrected chi connectivity index (χ3v) is 6.40. The van der Waals surface area contributed by atoms with E-state index in [2.05, 4.69) is 15.3 Å². The molecule has 0 spiro atoms. The lowest BCUT2D eigenvalue weighted by Crippen LogP contribution is -2.21. The van der Waals surface area contributed by atoms with Crippen LogP contribution in [0.25, 0.3) is 21.3 Å². The van der Waals surface area contributed by atoms with E-state index in [0.717, 1.165) is 32.2 Å². The third kappa shape index (κ3) is 4.49. The summed E-state index contributed by atoms with van der Waals surface area (Å²) in [5.74, 6) is 1.39. The standard InChI is InChI=1S/C24H21N5OS/c25-12-19-7-6-16(14-27-19)17-10-21(15-26-13-17)30-20-8-9-22-23(11-20)31-24(29-22)28-18-4-2-1-3-5-18/h6-11,13-15,18H,1-5H2,(H,28,29). The van der Waals surface area contributed by atoms with Crippen LogP contribution in [-0.2, 0) is 0 Å². The summed E-state index contributed by atoms with van der Waals surface area (Å²) in [4.78, 5) is 13.2. The van der Waals surface area contributed by atoms with E-state index in [1.54, 1.807) is 36.0 Å². The first-order chi connectivity index (χ1) is 15.3. The summed E-state index contributed by atoms with van der Waals surface area (Å²) in [6, 6.07) is 14.0. The van der Waals surface area contributed by atoms with Crippen LogP contribution < -0.4 is 10.1 Å². The highest BCUT2D eigenvalue weighted by Crippen LogP contribution is 2.33. The van der Waals surface area contributed by atoms with Gasteiger partial charge in [0.05, 0.1) is 16.4 Å². The van der Waals surface area contributed by atoms with Crippen LogP contribution in [0.5, 0.6) is 11.5 Å².